The Morgan fingerprint density at radius 1 is 1.33 bits per heavy atom. The summed E-state index contributed by atoms with van der Waals surface area (Å²) in [5, 5.41) is 8.94. The highest BCUT2D eigenvalue weighted by atomic mass is 16.3. The molecular weight excluding hydrogens is 148 g/mol. The highest BCUT2D eigenvalue weighted by Gasteiger charge is 2.66. The van der Waals surface area contributed by atoms with E-state index in [1.165, 1.54) is 12.8 Å². The summed E-state index contributed by atoms with van der Waals surface area (Å²) in [4.78, 5) is 0. The first kappa shape index (κ1) is 8.55. The third kappa shape index (κ3) is 0.834. The normalized spacial score (nSPS) is 49.0. The average molecular weight is 168 g/mol. The lowest BCUT2D eigenvalue weighted by Gasteiger charge is -2.35. The fraction of sp³-hybridized carbons (Fsp3) is 1.00. The zero-order valence-corrected chi connectivity index (χ0v) is 8.43. The minimum atomic E-state index is 0.372. The predicted molar refractivity (Wildman–Crippen MR) is 49.8 cm³/mol. The van der Waals surface area contributed by atoms with Crippen LogP contribution in [0.4, 0.5) is 0 Å². The molecule has 0 spiro atoms. The lowest BCUT2D eigenvalue weighted by atomic mass is 9.70. The minimum absolute atomic E-state index is 0.372. The first-order valence-corrected chi connectivity index (χ1v) is 5.13. The van der Waals surface area contributed by atoms with Crippen LogP contribution in [0.25, 0.3) is 0 Å². The SMILES string of the molecule is CC1(C)C(CCO)CC2CC21C. The number of rotatable bonds is 2. The van der Waals surface area contributed by atoms with Crippen LogP contribution < -0.4 is 0 Å². The van der Waals surface area contributed by atoms with Crippen molar-refractivity contribution >= 4 is 0 Å². The molecule has 0 heterocycles. The van der Waals surface area contributed by atoms with Crippen molar-refractivity contribution in [3.05, 3.63) is 0 Å². The quantitative estimate of drug-likeness (QED) is 0.671. The second-order valence-electron chi connectivity index (χ2n) is 5.49. The van der Waals surface area contributed by atoms with Crippen LogP contribution in [0.3, 0.4) is 0 Å². The summed E-state index contributed by atoms with van der Waals surface area (Å²) in [5.41, 5.74) is 1.09. The van der Waals surface area contributed by atoms with Gasteiger partial charge in [0.1, 0.15) is 0 Å². The molecule has 2 aliphatic rings. The summed E-state index contributed by atoms with van der Waals surface area (Å²) < 4.78 is 0. The average Bonchev–Trinajstić information content (AvgIpc) is 2.58. The van der Waals surface area contributed by atoms with Crippen LogP contribution in [0.5, 0.6) is 0 Å². The van der Waals surface area contributed by atoms with Crippen molar-refractivity contribution in [2.24, 2.45) is 22.7 Å². The van der Waals surface area contributed by atoms with E-state index in [1.54, 1.807) is 0 Å². The maximum Gasteiger partial charge on any atom is 0.0433 e. The molecule has 0 bridgehead atoms. The maximum atomic E-state index is 8.94. The van der Waals surface area contributed by atoms with Gasteiger partial charge in [-0.05, 0) is 41.9 Å². The third-order valence-electron chi connectivity index (χ3n) is 4.95. The van der Waals surface area contributed by atoms with Crippen LogP contribution >= 0.6 is 0 Å². The molecule has 1 heteroatoms. The Morgan fingerprint density at radius 2 is 2.00 bits per heavy atom. The zero-order valence-electron chi connectivity index (χ0n) is 8.43. The van der Waals surface area contributed by atoms with Crippen LogP contribution in [-0.4, -0.2) is 11.7 Å². The van der Waals surface area contributed by atoms with E-state index in [0.29, 0.717) is 17.4 Å². The molecule has 1 nitrogen and oxygen atoms in total. The molecule has 2 aliphatic carbocycles. The van der Waals surface area contributed by atoms with Gasteiger partial charge in [0, 0.05) is 6.61 Å². The summed E-state index contributed by atoms with van der Waals surface area (Å²) in [5.74, 6) is 1.75. The Bertz CT molecular complexity index is 197. The smallest absolute Gasteiger partial charge is 0.0433 e. The van der Waals surface area contributed by atoms with Gasteiger partial charge in [-0.25, -0.2) is 0 Å². The van der Waals surface area contributed by atoms with Gasteiger partial charge in [-0.3, -0.25) is 0 Å². The van der Waals surface area contributed by atoms with Crippen LogP contribution in [0.15, 0.2) is 0 Å². The highest BCUT2D eigenvalue weighted by molar-refractivity contribution is 5.15. The van der Waals surface area contributed by atoms with Crippen LogP contribution in [0, 0.1) is 22.7 Å². The number of hydrogen-bond donors (Lipinski definition) is 1. The van der Waals surface area contributed by atoms with Gasteiger partial charge >= 0.3 is 0 Å². The van der Waals surface area contributed by atoms with Crippen molar-refractivity contribution in [1.82, 2.24) is 0 Å². The van der Waals surface area contributed by atoms with Gasteiger partial charge in [0.2, 0.25) is 0 Å². The van der Waals surface area contributed by atoms with Gasteiger partial charge < -0.3 is 5.11 Å². The molecule has 3 unspecified atom stereocenters. The summed E-state index contributed by atoms with van der Waals surface area (Å²) in [6.07, 6.45) is 3.81. The monoisotopic (exact) mass is 168 g/mol. The molecule has 0 amide bonds. The minimum Gasteiger partial charge on any atom is -0.396 e. The molecule has 3 atom stereocenters. The molecule has 0 aromatic rings. The van der Waals surface area contributed by atoms with E-state index >= 15 is 0 Å². The third-order valence-corrected chi connectivity index (χ3v) is 4.95. The second-order valence-corrected chi connectivity index (χ2v) is 5.49. The molecule has 12 heavy (non-hydrogen) atoms. The number of aliphatic hydroxyl groups is 1. The van der Waals surface area contributed by atoms with Crippen LogP contribution in [0.2, 0.25) is 0 Å². The molecule has 70 valence electrons. The molecule has 0 radical (unpaired) electrons. The first-order valence-electron chi connectivity index (χ1n) is 5.13. The molecule has 2 saturated carbocycles. The summed E-state index contributed by atoms with van der Waals surface area (Å²) in [6, 6.07) is 0. The topological polar surface area (TPSA) is 20.2 Å². The van der Waals surface area contributed by atoms with E-state index in [1.807, 2.05) is 0 Å². The van der Waals surface area contributed by atoms with Gasteiger partial charge in [-0.15, -0.1) is 0 Å². The van der Waals surface area contributed by atoms with Gasteiger partial charge in [0.15, 0.2) is 0 Å². The van der Waals surface area contributed by atoms with Gasteiger partial charge in [0.25, 0.3) is 0 Å². The standard InChI is InChI=1S/C11H20O/c1-10(2)8(4-5-12)6-9-7-11(9,10)3/h8-9,12H,4-7H2,1-3H3. The predicted octanol–water partition coefficient (Wildman–Crippen LogP) is 2.44. The van der Waals surface area contributed by atoms with Crippen molar-refractivity contribution in [3.8, 4) is 0 Å². The summed E-state index contributed by atoms with van der Waals surface area (Å²) >= 11 is 0. The summed E-state index contributed by atoms with van der Waals surface area (Å²) in [7, 11) is 0. The first-order chi connectivity index (χ1) is 5.52. The van der Waals surface area contributed by atoms with E-state index in [2.05, 4.69) is 20.8 Å². The van der Waals surface area contributed by atoms with Crippen molar-refractivity contribution in [2.75, 3.05) is 6.61 Å². The fourth-order valence-electron chi connectivity index (χ4n) is 3.32. The van der Waals surface area contributed by atoms with E-state index < -0.39 is 0 Å². The molecule has 0 aromatic heterocycles. The lowest BCUT2D eigenvalue weighted by Crippen LogP contribution is -2.28. The fourth-order valence-corrected chi connectivity index (χ4v) is 3.32. The molecule has 0 saturated heterocycles. The summed E-state index contributed by atoms with van der Waals surface area (Å²) in [6.45, 7) is 7.58. The molecule has 2 rings (SSSR count). The van der Waals surface area contributed by atoms with Crippen molar-refractivity contribution in [1.29, 1.82) is 0 Å². The Kier molecular flexibility index (Phi) is 1.61. The second kappa shape index (κ2) is 2.25. The van der Waals surface area contributed by atoms with Crippen molar-refractivity contribution in [3.63, 3.8) is 0 Å². The molecule has 1 N–H and O–H groups in total. The van der Waals surface area contributed by atoms with Gasteiger partial charge in [-0.2, -0.15) is 0 Å². The van der Waals surface area contributed by atoms with Crippen molar-refractivity contribution < 1.29 is 5.11 Å². The Balaban J connectivity index is 2.12. The maximum absolute atomic E-state index is 8.94. The number of aliphatic hydroxyl groups excluding tert-OH is 1. The Labute approximate surface area is 75.2 Å². The van der Waals surface area contributed by atoms with Gasteiger partial charge in [0.05, 0.1) is 0 Å². The number of fused-ring (bicyclic) bond motifs is 1. The molecule has 2 fully saturated rings. The van der Waals surface area contributed by atoms with Crippen LogP contribution in [-0.2, 0) is 0 Å². The largest absolute Gasteiger partial charge is 0.396 e. The molecule has 0 aliphatic heterocycles. The molecule has 0 aromatic carbocycles. The van der Waals surface area contributed by atoms with Crippen LogP contribution in [0.1, 0.15) is 40.0 Å². The highest BCUT2D eigenvalue weighted by Crippen LogP contribution is 2.74. The van der Waals surface area contributed by atoms with E-state index in [9.17, 15) is 0 Å². The Morgan fingerprint density at radius 3 is 2.42 bits per heavy atom. The van der Waals surface area contributed by atoms with Gasteiger partial charge in [-0.1, -0.05) is 20.8 Å². The van der Waals surface area contributed by atoms with E-state index in [-0.39, 0.29) is 0 Å². The number of hydrogen-bond acceptors (Lipinski definition) is 1. The van der Waals surface area contributed by atoms with E-state index in [4.69, 9.17) is 5.11 Å². The zero-order chi connectivity index (χ0) is 8.98. The molecular formula is C11H20O. The lowest BCUT2D eigenvalue weighted by molar-refractivity contribution is 0.119. The van der Waals surface area contributed by atoms with Crippen molar-refractivity contribution in [2.45, 2.75) is 40.0 Å². The Hall–Kier alpha value is -0.0400. The van der Waals surface area contributed by atoms with E-state index in [0.717, 1.165) is 18.3 Å².